The van der Waals surface area contributed by atoms with Crippen molar-refractivity contribution < 1.29 is 4.57 Å². The van der Waals surface area contributed by atoms with Crippen LogP contribution in [-0.2, 0) is 13.5 Å². The molecule has 142 valence electrons. The first-order valence-electron chi connectivity index (χ1n) is 9.92. The summed E-state index contributed by atoms with van der Waals surface area (Å²) in [5, 5.41) is 0. The molecule has 0 amide bonds. The van der Waals surface area contributed by atoms with E-state index in [4.69, 9.17) is 0 Å². The molecule has 0 N–H and O–H groups in total. The highest BCUT2D eigenvalue weighted by Crippen LogP contribution is 2.43. The van der Waals surface area contributed by atoms with E-state index in [9.17, 15) is 0 Å². The van der Waals surface area contributed by atoms with Gasteiger partial charge < -0.3 is 0 Å². The van der Waals surface area contributed by atoms with Crippen molar-refractivity contribution in [2.45, 2.75) is 27.2 Å². The quantitative estimate of drug-likeness (QED) is 0.423. The number of hydrogen-bond acceptors (Lipinski definition) is 3. The van der Waals surface area contributed by atoms with Gasteiger partial charge in [-0.1, -0.05) is 36.4 Å². The summed E-state index contributed by atoms with van der Waals surface area (Å²) in [7, 11) is 2.10. The van der Waals surface area contributed by atoms with Crippen LogP contribution in [0.1, 0.15) is 28.3 Å². The first-order valence-corrected chi connectivity index (χ1v) is 9.92. The molecule has 4 aromatic rings. The maximum Gasteiger partial charge on any atom is 0.213 e. The zero-order valence-corrected chi connectivity index (χ0v) is 17.2. The third-order valence-electron chi connectivity index (χ3n) is 5.67. The van der Waals surface area contributed by atoms with E-state index in [2.05, 4.69) is 88.2 Å². The summed E-state index contributed by atoms with van der Waals surface area (Å²) in [6.45, 7) is 6.00. The van der Waals surface area contributed by atoms with Gasteiger partial charge in [0.25, 0.3) is 0 Å². The molecule has 5 rings (SSSR count). The number of nitrogens with zero attached hydrogens (tertiary/aromatic N) is 4. The van der Waals surface area contributed by atoms with Crippen LogP contribution in [0.15, 0.2) is 54.7 Å². The van der Waals surface area contributed by atoms with E-state index in [0.29, 0.717) is 0 Å². The highest BCUT2D eigenvalue weighted by molar-refractivity contribution is 5.90. The van der Waals surface area contributed by atoms with Gasteiger partial charge in [-0.05, 0) is 61.1 Å². The van der Waals surface area contributed by atoms with Gasteiger partial charge in [-0.25, -0.2) is 19.5 Å². The van der Waals surface area contributed by atoms with E-state index < -0.39 is 0 Å². The van der Waals surface area contributed by atoms with E-state index in [1.807, 2.05) is 13.8 Å². The highest BCUT2D eigenvalue weighted by atomic mass is 15.0. The van der Waals surface area contributed by atoms with Gasteiger partial charge in [-0.2, -0.15) is 0 Å². The van der Waals surface area contributed by atoms with Crippen LogP contribution in [0.4, 0.5) is 0 Å². The van der Waals surface area contributed by atoms with Crippen LogP contribution in [0.25, 0.3) is 33.8 Å². The Kier molecular flexibility index (Phi) is 4.02. The van der Waals surface area contributed by atoms with Crippen LogP contribution in [0, 0.1) is 20.8 Å². The predicted octanol–water partition coefficient (Wildman–Crippen LogP) is 4.53. The first-order chi connectivity index (χ1) is 14.0. The van der Waals surface area contributed by atoms with Crippen LogP contribution in [0.5, 0.6) is 0 Å². The summed E-state index contributed by atoms with van der Waals surface area (Å²) >= 11 is 0. The molecule has 2 heterocycles. The number of pyridine rings is 1. The third-order valence-corrected chi connectivity index (χ3v) is 5.67. The van der Waals surface area contributed by atoms with E-state index in [0.717, 1.165) is 29.5 Å². The fraction of sp³-hybridized carbons (Fsp3) is 0.200. The molecule has 2 aromatic heterocycles. The Labute approximate surface area is 171 Å². The van der Waals surface area contributed by atoms with Gasteiger partial charge in [0.15, 0.2) is 12.0 Å². The first kappa shape index (κ1) is 17.7. The number of aromatic nitrogens is 4. The Morgan fingerprint density at radius 3 is 2.28 bits per heavy atom. The van der Waals surface area contributed by atoms with Crippen LogP contribution in [-0.4, -0.2) is 15.0 Å². The maximum atomic E-state index is 4.52. The lowest BCUT2D eigenvalue weighted by molar-refractivity contribution is -0.659. The van der Waals surface area contributed by atoms with Crippen molar-refractivity contribution in [2.75, 3.05) is 0 Å². The zero-order valence-electron chi connectivity index (χ0n) is 17.2. The Bertz CT molecular complexity index is 1250. The zero-order chi connectivity index (χ0) is 20.1. The van der Waals surface area contributed by atoms with Crippen LogP contribution < -0.4 is 4.57 Å². The van der Waals surface area contributed by atoms with E-state index in [-0.39, 0.29) is 0 Å². The SMILES string of the molecule is Cc1nc(C)nc(-c2ccc(-c3c(C)ccc4c3-c3ccccc3C4)[n+](C)c2)n1. The molecule has 29 heavy (non-hydrogen) atoms. The fourth-order valence-corrected chi connectivity index (χ4v) is 4.40. The fourth-order valence-electron chi connectivity index (χ4n) is 4.40. The molecule has 0 atom stereocenters. The highest BCUT2D eigenvalue weighted by Gasteiger charge is 2.26. The Hall–Kier alpha value is -3.40. The number of aryl methyl sites for hydroxylation is 4. The standard InChI is InChI=1S/C25H23N4/c1-15-9-10-19-13-18-7-5-6-8-21(18)24(19)23(15)22-12-11-20(14-29(22)4)25-27-16(2)26-17(3)28-25/h5-12,14H,13H2,1-4H3/q+1. The average Bonchev–Trinajstić information content (AvgIpc) is 3.06. The lowest BCUT2D eigenvalue weighted by Gasteiger charge is -2.12. The molecule has 0 saturated heterocycles. The van der Waals surface area contributed by atoms with Gasteiger partial charge in [0.1, 0.15) is 18.7 Å². The monoisotopic (exact) mass is 379 g/mol. The molecule has 4 nitrogen and oxygen atoms in total. The topological polar surface area (TPSA) is 42.5 Å². The Balaban J connectivity index is 1.68. The molecule has 1 aliphatic carbocycles. The molecule has 0 radical (unpaired) electrons. The summed E-state index contributed by atoms with van der Waals surface area (Å²) in [5.74, 6) is 2.21. The maximum absolute atomic E-state index is 4.52. The van der Waals surface area contributed by atoms with Crippen molar-refractivity contribution in [3.63, 3.8) is 0 Å². The van der Waals surface area contributed by atoms with Crippen molar-refractivity contribution in [3.05, 3.63) is 83.1 Å². The van der Waals surface area contributed by atoms with Gasteiger partial charge in [-0.15, -0.1) is 0 Å². The molecule has 0 spiro atoms. The summed E-state index contributed by atoms with van der Waals surface area (Å²) < 4.78 is 2.19. The second-order valence-electron chi connectivity index (χ2n) is 7.79. The van der Waals surface area contributed by atoms with Gasteiger partial charge in [0, 0.05) is 6.07 Å². The van der Waals surface area contributed by atoms with Crippen molar-refractivity contribution in [2.24, 2.45) is 7.05 Å². The molecule has 4 heteroatoms. The van der Waals surface area contributed by atoms with Crippen LogP contribution in [0.3, 0.4) is 0 Å². The molecule has 0 saturated carbocycles. The molecule has 0 unspecified atom stereocenters. The third kappa shape index (κ3) is 2.92. The predicted molar refractivity (Wildman–Crippen MR) is 114 cm³/mol. The number of rotatable bonds is 2. The summed E-state index contributed by atoms with van der Waals surface area (Å²) in [6.07, 6.45) is 3.12. The van der Waals surface area contributed by atoms with E-state index >= 15 is 0 Å². The molecule has 0 aliphatic heterocycles. The van der Waals surface area contributed by atoms with Crippen molar-refractivity contribution >= 4 is 0 Å². The summed E-state index contributed by atoms with van der Waals surface area (Å²) in [5.41, 5.74) is 10.3. The van der Waals surface area contributed by atoms with E-state index in [1.54, 1.807) is 0 Å². The van der Waals surface area contributed by atoms with Gasteiger partial charge in [0.2, 0.25) is 5.69 Å². The normalized spacial score (nSPS) is 12.0. The molecule has 0 fully saturated rings. The second-order valence-corrected chi connectivity index (χ2v) is 7.79. The molecule has 0 bridgehead atoms. The minimum absolute atomic E-state index is 0.720. The van der Waals surface area contributed by atoms with Crippen molar-refractivity contribution in [1.82, 2.24) is 15.0 Å². The number of benzene rings is 2. The van der Waals surface area contributed by atoms with E-state index in [1.165, 1.54) is 39.1 Å². The van der Waals surface area contributed by atoms with Gasteiger partial charge >= 0.3 is 0 Å². The Morgan fingerprint density at radius 2 is 1.52 bits per heavy atom. The summed E-state index contributed by atoms with van der Waals surface area (Å²) in [4.78, 5) is 13.3. The number of hydrogen-bond donors (Lipinski definition) is 0. The van der Waals surface area contributed by atoms with Crippen LogP contribution >= 0.6 is 0 Å². The lowest BCUT2D eigenvalue weighted by atomic mass is 9.92. The van der Waals surface area contributed by atoms with Crippen LogP contribution in [0.2, 0.25) is 0 Å². The minimum atomic E-state index is 0.720. The number of fused-ring (bicyclic) bond motifs is 3. The molecular formula is C25H23N4+. The minimum Gasteiger partial charge on any atom is -0.219 e. The van der Waals surface area contributed by atoms with Crippen molar-refractivity contribution in [1.29, 1.82) is 0 Å². The Morgan fingerprint density at radius 1 is 0.759 bits per heavy atom. The second kappa shape index (κ2) is 6.59. The molecule has 1 aliphatic rings. The molecule has 2 aromatic carbocycles. The average molecular weight is 379 g/mol. The molecular weight excluding hydrogens is 356 g/mol. The lowest BCUT2D eigenvalue weighted by Crippen LogP contribution is -2.31. The smallest absolute Gasteiger partial charge is 0.213 e. The van der Waals surface area contributed by atoms with Gasteiger partial charge in [-0.3, -0.25) is 0 Å². The van der Waals surface area contributed by atoms with Gasteiger partial charge in [0.05, 0.1) is 11.1 Å². The largest absolute Gasteiger partial charge is 0.219 e. The summed E-state index contributed by atoms with van der Waals surface area (Å²) in [6, 6.07) is 17.6. The van der Waals surface area contributed by atoms with Crippen molar-refractivity contribution in [3.8, 4) is 33.8 Å².